The second kappa shape index (κ2) is 6.03. The van der Waals surface area contributed by atoms with Crippen molar-refractivity contribution in [1.29, 1.82) is 0 Å². The van der Waals surface area contributed by atoms with Crippen LogP contribution in [-0.4, -0.2) is 47.4 Å². The van der Waals surface area contributed by atoms with Crippen LogP contribution in [-0.2, 0) is 14.4 Å². The topological polar surface area (TPSA) is 86.7 Å². The minimum Gasteiger partial charge on any atom is -0.480 e. The summed E-state index contributed by atoms with van der Waals surface area (Å²) in [7, 11) is 0. The Morgan fingerprint density at radius 2 is 2.29 bits per heavy atom. The summed E-state index contributed by atoms with van der Waals surface area (Å²) in [4.78, 5) is 35.0. The summed E-state index contributed by atoms with van der Waals surface area (Å²) in [6.45, 7) is 3.91. The summed E-state index contributed by atoms with van der Waals surface area (Å²) in [5.41, 5.74) is 0. The number of likely N-dealkylation sites (tertiary alicyclic amines) is 1. The molecule has 6 heteroatoms. The molecule has 94 valence electrons. The lowest BCUT2D eigenvalue weighted by Gasteiger charge is -2.30. The molecular formula is C11H16N2O4. The van der Waals surface area contributed by atoms with Gasteiger partial charge in [0.1, 0.15) is 6.54 Å². The van der Waals surface area contributed by atoms with Crippen LogP contribution in [0.5, 0.6) is 0 Å². The van der Waals surface area contributed by atoms with Crippen molar-refractivity contribution in [3.8, 4) is 0 Å². The molecule has 0 aromatic heterocycles. The Kier molecular flexibility index (Phi) is 4.68. The number of rotatable bonds is 5. The largest absolute Gasteiger partial charge is 0.480 e. The van der Waals surface area contributed by atoms with E-state index in [1.165, 1.54) is 0 Å². The van der Waals surface area contributed by atoms with Gasteiger partial charge in [0.2, 0.25) is 11.8 Å². The van der Waals surface area contributed by atoms with Gasteiger partial charge in [-0.15, -0.1) is 6.58 Å². The summed E-state index contributed by atoms with van der Waals surface area (Å²) >= 11 is 0. The van der Waals surface area contributed by atoms with E-state index in [-0.39, 0.29) is 24.3 Å². The maximum absolute atomic E-state index is 11.6. The first kappa shape index (κ1) is 13.2. The van der Waals surface area contributed by atoms with Gasteiger partial charge >= 0.3 is 5.97 Å². The molecule has 17 heavy (non-hydrogen) atoms. The van der Waals surface area contributed by atoms with E-state index in [2.05, 4.69) is 11.9 Å². The smallest absolute Gasteiger partial charge is 0.322 e. The molecule has 0 unspecified atom stereocenters. The molecule has 0 spiro atoms. The minimum atomic E-state index is -1.08. The maximum Gasteiger partial charge on any atom is 0.322 e. The van der Waals surface area contributed by atoms with Crippen molar-refractivity contribution >= 4 is 17.8 Å². The number of nitrogens with one attached hydrogen (secondary N) is 1. The molecule has 0 saturated carbocycles. The third-order valence-corrected chi connectivity index (χ3v) is 2.63. The Bertz CT molecular complexity index is 340. The number of carboxylic acids is 1. The molecule has 1 rings (SSSR count). The molecule has 0 aromatic rings. The highest BCUT2D eigenvalue weighted by atomic mass is 16.4. The van der Waals surface area contributed by atoms with Crippen LogP contribution >= 0.6 is 0 Å². The van der Waals surface area contributed by atoms with Crippen molar-refractivity contribution < 1.29 is 19.5 Å². The lowest BCUT2D eigenvalue weighted by atomic mass is 9.96. The molecule has 1 aliphatic rings. The van der Waals surface area contributed by atoms with Crippen molar-refractivity contribution in [3.05, 3.63) is 12.7 Å². The predicted molar refractivity (Wildman–Crippen MR) is 60.1 cm³/mol. The average Bonchev–Trinajstić information content (AvgIpc) is 2.29. The molecule has 1 fully saturated rings. The van der Waals surface area contributed by atoms with E-state index in [0.29, 0.717) is 25.9 Å². The van der Waals surface area contributed by atoms with Crippen molar-refractivity contribution in [2.45, 2.75) is 12.8 Å². The van der Waals surface area contributed by atoms with Gasteiger partial charge in [-0.05, 0) is 6.42 Å². The van der Waals surface area contributed by atoms with Crippen LogP contribution in [0.3, 0.4) is 0 Å². The highest BCUT2D eigenvalue weighted by Gasteiger charge is 2.29. The molecule has 0 bridgehead atoms. The highest BCUT2D eigenvalue weighted by Crippen LogP contribution is 2.17. The number of carboxylic acid groups (broad SMARTS) is 1. The first-order valence-corrected chi connectivity index (χ1v) is 5.42. The number of piperidine rings is 1. The molecule has 0 aromatic carbocycles. The summed E-state index contributed by atoms with van der Waals surface area (Å²) in [6, 6.07) is 0. The van der Waals surface area contributed by atoms with E-state index in [1.54, 1.807) is 11.0 Å². The Morgan fingerprint density at radius 3 is 2.88 bits per heavy atom. The summed E-state index contributed by atoms with van der Waals surface area (Å²) in [6.07, 6.45) is 2.40. The Hall–Kier alpha value is -1.85. The van der Waals surface area contributed by atoms with Gasteiger partial charge < -0.3 is 15.3 Å². The second-order valence-corrected chi connectivity index (χ2v) is 3.93. The van der Waals surface area contributed by atoms with Crippen LogP contribution in [0.4, 0.5) is 0 Å². The highest BCUT2D eigenvalue weighted by molar-refractivity contribution is 5.86. The molecule has 2 N–H and O–H groups in total. The second-order valence-electron chi connectivity index (χ2n) is 3.93. The van der Waals surface area contributed by atoms with Crippen molar-refractivity contribution in [3.63, 3.8) is 0 Å². The zero-order valence-corrected chi connectivity index (χ0v) is 9.52. The Morgan fingerprint density at radius 1 is 1.59 bits per heavy atom. The quantitative estimate of drug-likeness (QED) is 0.641. The number of nitrogens with zero attached hydrogens (tertiary/aromatic N) is 1. The summed E-state index contributed by atoms with van der Waals surface area (Å²) in [5, 5.41) is 10.8. The minimum absolute atomic E-state index is 0.00665. The zero-order chi connectivity index (χ0) is 12.8. The van der Waals surface area contributed by atoms with Crippen LogP contribution in [0.2, 0.25) is 0 Å². The fraction of sp³-hybridized carbons (Fsp3) is 0.545. The molecule has 0 radical (unpaired) electrons. The molecule has 2 amide bonds. The average molecular weight is 240 g/mol. The van der Waals surface area contributed by atoms with Gasteiger partial charge in [-0.1, -0.05) is 6.08 Å². The van der Waals surface area contributed by atoms with Gasteiger partial charge in [-0.2, -0.15) is 0 Å². The number of carbonyl (C=O) groups excluding carboxylic acids is 2. The number of amides is 2. The number of aliphatic carboxylic acids is 1. The van der Waals surface area contributed by atoms with E-state index in [1.807, 2.05) is 0 Å². The molecule has 1 aliphatic heterocycles. The molecule has 1 atom stereocenters. The van der Waals surface area contributed by atoms with Gasteiger partial charge in [0.15, 0.2) is 0 Å². The first-order valence-electron chi connectivity index (χ1n) is 5.42. The maximum atomic E-state index is 11.6. The van der Waals surface area contributed by atoms with Gasteiger partial charge in [0.05, 0.1) is 5.92 Å². The zero-order valence-electron chi connectivity index (χ0n) is 9.52. The van der Waals surface area contributed by atoms with Gasteiger partial charge in [0, 0.05) is 19.5 Å². The van der Waals surface area contributed by atoms with E-state index >= 15 is 0 Å². The number of carbonyl (C=O) groups is 3. The van der Waals surface area contributed by atoms with E-state index in [4.69, 9.17) is 5.11 Å². The lowest BCUT2D eigenvalue weighted by Crippen LogP contribution is -2.46. The predicted octanol–water partition coefficient (Wildman–Crippen LogP) is -0.388. The molecule has 6 nitrogen and oxygen atoms in total. The SMILES string of the molecule is C=CCN1C[C@@H](C(=O)NCC(=O)O)CCC1=O. The number of hydrogen-bond donors (Lipinski definition) is 2. The molecule has 1 saturated heterocycles. The third kappa shape index (κ3) is 3.90. The molecule has 1 heterocycles. The standard InChI is InChI=1S/C11H16N2O4/c1-2-5-13-7-8(3-4-9(13)14)11(17)12-6-10(15)16/h2,8H,1,3-7H2,(H,12,17)(H,15,16)/t8-/m0/s1. The van der Waals surface area contributed by atoms with Crippen LogP contribution in [0.1, 0.15) is 12.8 Å². The number of hydrogen-bond acceptors (Lipinski definition) is 3. The van der Waals surface area contributed by atoms with Gasteiger partial charge in [-0.25, -0.2) is 0 Å². The van der Waals surface area contributed by atoms with Crippen LogP contribution in [0.15, 0.2) is 12.7 Å². The Labute approximate surface area is 99.3 Å². The normalized spacial score (nSPS) is 19.9. The summed E-state index contributed by atoms with van der Waals surface area (Å²) in [5.74, 6) is -1.71. The van der Waals surface area contributed by atoms with Gasteiger partial charge in [0.25, 0.3) is 0 Å². The van der Waals surface area contributed by atoms with Crippen molar-refractivity contribution in [2.24, 2.45) is 5.92 Å². The lowest BCUT2D eigenvalue weighted by molar-refractivity contribution is -0.141. The van der Waals surface area contributed by atoms with Crippen molar-refractivity contribution in [1.82, 2.24) is 10.2 Å². The summed E-state index contributed by atoms with van der Waals surface area (Å²) < 4.78 is 0. The fourth-order valence-corrected chi connectivity index (χ4v) is 1.77. The fourth-order valence-electron chi connectivity index (χ4n) is 1.77. The van der Waals surface area contributed by atoms with Crippen LogP contribution < -0.4 is 5.32 Å². The monoisotopic (exact) mass is 240 g/mol. The molecular weight excluding hydrogens is 224 g/mol. The van der Waals surface area contributed by atoms with Crippen molar-refractivity contribution in [2.75, 3.05) is 19.6 Å². The Balaban J connectivity index is 2.49. The third-order valence-electron chi connectivity index (χ3n) is 2.63. The van der Waals surface area contributed by atoms with Gasteiger partial charge in [-0.3, -0.25) is 14.4 Å². The van der Waals surface area contributed by atoms with Crippen LogP contribution in [0.25, 0.3) is 0 Å². The molecule has 0 aliphatic carbocycles. The van der Waals surface area contributed by atoms with E-state index in [9.17, 15) is 14.4 Å². The van der Waals surface area contributed by atoms with E-state index < -0.39 is 5.97 Å². The first-order chi connectivity index (χ1) is 8.04. The van der Waals surface area contributed by atoms with E-state index in [0.717, 1.165) is 0 Å². The van der Waals surface area contributed by atoms with Crippen LogP contribution in [0, 0.1) is 5.92 Å².